The fourth-order valence-electron chi connectivity index (χ4n) is 2.01. The van der Waals surface area contributed by atoms with Crippen LogP contribution in [0, 0.1) is 0 Å². The lowest BCUT2D eigenvalue weighted by Crippen LogP contribution is -2.39. The van der Waals surface area contributed by atoms with Crippen molar-refractivity contribution in [2.75, 3.05) is 6.61 Å². The summed E-state index contributed by atoms with van der Waals surface area (Å²) >= 11 is 10.2. The van der Waals surface area contributed by atoms with Crippen LogP contribution in [-0.4, -0.2) is 23.7 Å². The van der Waals surface area contributed by atoms with E-state index in [0.29, 0.717) is 21.9 Å². The first-order valence-corrected chi connectivity index (χ1v) is 7.37. The number of aliphatic hydroxyl groups excluding tert-OH is 1. The zero-order valence-corrected chi connectivity index (χ0v) is 12.9. The molecule has 0 aliphatic heterocycles. The molecule has 0 saturated heterocycles. The Morgan fingerprint density at radius 1 is 1.24 bits per heavy atom. The summed E-state index contributed by atoms with van der Waals surface area (Å²) in [5.41, 5.74) is 1.40. The molecule has 2 aromatic rings. The molecular formula is C16H16ClNO2S. The van der Waals surface area contributed by atoms with E-state index in [4.69, 9.17) is 11.6 Å². The molecule has 0 aromatic heterocycles. The fourth-order valence-corrected chi connectivity index (χ4v) is 2.42. The summed E-state index contributed by atoms with van der Waals surface area (Å²) in [6.07, 6.45) is 0.557. The minimum atomic E-state index is -0.362. The summed E-state index contributed by atoms with van der Waals surface area (Å²) in [6, 6.07) is 14.3. The first-order valence-electron chi connectivity index (χ1n) is 6.54. The van der Waals surface area contributed by atoms with Gasteiger partial charge in [0.25, 0.3) is 5.91 Å². The number of aliphatic hydroxyl groups is 1. The van der Waals surface area contributed by atoms with Gasteiger partial charge in [-0.1, -0.05) is 41.9 Å². The molecule has 0 radical (unpaired) electrons. The average molecular weight is 322 g/mol. The van der Waals surface area contributed by atoms with E-state index in [1.807, 2.05) is 30.3 Å². The highest BCUT2D eigenvalue weighted by molar-refractivity contribution is 7.80. The van der Waals surface area contributed by atoms with E-state index >= 15 is 0 Å². The topological polar surface area (TPSA) is 49.3 Å². The number of carbonyl (C=O) groups excluding carboxylic acids is 1. The second kappa shape index (κ2) is 7.50. The third-order valence-corrected chi connectivity index (χ3v) is 3.68. The van der Waals surface area contributed by atoms with E-state index in [9.17, 15) is 9.90 Å². The van der Waals surface area contributed by atoms with Gasteiger partial charge in [0.2, 0.25) is 0 Å². The second-order valence-corrected chi connectivity index (χ2v) is 5.63. The van der Waals surface area contributed by atoms with Crippen LogP contribution in [-0.2, 0) is 6.42 Å². The van der Waals surface area contributed by atoms with Gasteiger partial charge < -0.3 is 10.4 Å². The highest BCUT2D eigenvalue weighted by Crippen LogP contribution is 2.19. The van der Waals surface area contributed by atoms with E-state index in [1.54, 1.807) is 18.2 Å². The maximum Gasteiger partial charge on any atom is 0.253 e. The molecule has 1 atom stereocenters. The molecule has 3 nitrogen and oxygen atoms in total. The third-order valence-electron chi connectivity index (χ3n) is 3.08. The predicted octanol–water partition coefficient (Wildman–Crippen LogP) is 2.96. The van der Waals surface area contributed by atoms with Crippen molar-refractivity contribution in [2.45, 2.75) is 17.4 Å². The minimum absolute atomic E-state index is 0.140. The van der Waals surface area contributed by atoms with Gasteiger partial charge in [0.1, 0.15) is 0 Å². The Morgan fingerprint density at radius 2 is 1.95 bits per heavy atom. The number of halogens is 1. The van der Waals surface area contributed by atoms with Crippen LogP contribution in [0.5, 0.6) is 0 Å². The number of thiol groups is 1. The van der Waals surface area contributed by atoms with Crippen molar-refractivity contribution in [3.8, 4) is 0 Å². The summed E-state index contributed by atoms with van der Waals surface area (Å²) in [4.78, 5) is 12.9. The molecular weight excluding hydrogens is 306 g/mol. The number of carbonyl (C=O) groups is 1. The lowest BCUT2D eigenvalue weighted by Gasteiger charge is -2.17. The molecule has 2 N–H and O–H groups in total. The SMILES string of the molecule is O=C(NC(CO)Cc1ccccc1)c1cc(S)ccc1Cl. The number of rotatable bonds is 5. The fraction of sp³-hybridized carbons (Fsp3) is 0.188. The maximum atomic E-state index is 12.2. The summed E-state index contributed by atoms with van der Waals surface area (Å²) in [7, 11) is 0. The van der Waals surface area contributed by atoms with Gasteiger partial charge in [-0.25, -0.2) is 0 Å². The van der Waals surface area contributed by atoms with Crippen LogP contribution in [0.3, 0.4) is 0 Å². The lowest BCUT2D eigenvalue weighted by atomic mass is 10.1. The summed E-state index contributed by atoms with van der Waals surface area (Å²) < 4.78 is 0. The van der Waals surface area contributed by atoms with Crippen molar-refractivity contribution in [1.82, 2.24) is 5.32 Å². The Kier molecular flexibility index (Phi) is 5.67. The zero-order chi connectivity index (χ0) is 15.2. The molecule has 0 spiro atoms. The van der Waals surface area contributed by atoms with Gasteiger partial charge in [0.15, 0.2) is 0 Å². The Morgan fingerprint density at radius 3 is 2.62 bits per heavy atom. The largest absolute Gasteiger partial charge is 0.394 e. The van der Waals surface area contributed by atoms with Crippen LogP contribution in [0.25, 0.3) is 0 Å². The van der Waals surface area contributed by atoms with Crippen LogP contribution in [0.15, 0.2) is 53.4 Å². The Bertz CT molecular complexity index is 619. The molecule has 5 heteroatoms. The van der Waals surface area contributed by atoms with Crippen LogP contribution < -0.4 is 5.32 Å². The van der Waals surface area contributed by atoms with Gasteiger partial charge in [-0.3, -0.25) is 4.79 Å². The van der Waals surface area contributed by atoms with Crippen molar-refractivity contribution in [3.63, 3.8) is 0 Å². The van der Waals surface area contributed by atoms with E-state index in [2.05, 4.69) is 17.9 Å². The van der Waals surface area contributed by atoms with Crippen LogP contribution in [0.4, 0.5) is 0 Å². The first kappa shape index (κ1) is 15.9. The molecule has 110 valence electrons. The monoisotopic (exact) mass is 321 g/mol. The van der Waals surface area contributed by atoms with E-state index in [0.717, 1.165) is 5.56 Å². The standard InChI is InChI=1S/C16H16ClNO2S/c17-15-7-6-13(21)9-14(15)16(20)18-12(10-19)8-11-4-2-1-3-5-11/h1-7,9,12,19,21H,8,10H2,(H,18,20). The Labute approximate surface area is 134 Å². The maximum absolute atomic E-state index is 12.2. The second-order valence-electron chi connectivity index (χ2n) is 4.71. The number of nitrogens with one attached hydrogen (secondary N) is 1. The lowest BCUT2D eigenvalue weighted by molar-refractivity contribution is 0.0916. The number of hydrogen-bond donors (Lipinski definition) is 3. The molecule has 0 heterocycles. The van der Waals surface area contributed by atoms with Gasteiger partial charge in [-0.05, 0) is 30.2 Å². The Balaban J connectivity index is 2.07. The van der Waals surface area contributed by atoms with Crippen LogP contribution >= 0.6 is 24.2 Å². The molecule has 0 aliphatic carbocycles. The van der Waals surface area contributed by atoms with Crippen molar-refractivity contribution in [2.24, 2.45) is 0 Å². The quantitative estimate of drug-likeness (QED) is 0.742. The molecule has 0 fully saturated rings. The predicted molar refractivity (Wildman–Crippen MR) is 87.2 cm³/mol. The third kappa shape index (κ3) is 4.49. The molecule has 0 saturated carbocycles. The molecule has 21 heavy (non-hydrogen) atoms. The normalized spacial score (nSPS) is 12.0. The molecule has 2 rings (SSSR count). The molecule has 2 aromatic carbocycles. The molecule has 0 aliphatic rings. The molecule has 1 unspecified atom stereocenters. The highest BCUT2D eigenvalue weighted by atomic mass is 35.5. The smallest absolute Gasteiger partial charge is 0.253 e. The first-order chi connectivity index (χ1) is 10.1. The van der Waals surface area contributed by atoms with E-state index < -0.39 is 0 Å². The average Bonchev–Trinajstić information content (AvgIpc) is 2.50. The molecule has 1 amide bonds. The summed E-state index contributed by atoms with van der Waals surface area (Å²) in [6.45, 7) is -0.140. The Hall–Kier alpha value is -1.49. The number of amides is 1. The van der Waals surface area contributed by atoms with Crippen molar-refractivity contribution >= 4 is 30.1 Å². The van der Waals surface area contributed by atoms with Gasteiger partial charge in [-0.2, -0.15) is 0 Å². The van der Waals surface area contributed by atoms with E-state index in [1.165, 1.54) is 0 Å². The molecule has 0 bridgehead atoms. The van der Waals surface area contributed by atoms with Gasteiger partial charge >= 0.3 is 0 Å². The summed E-state index contributed by atoms with van der Waals surface area (Å²) in [5.74, 6) is -0.314. The van der Waals surface area contributed by atoms with Crippen molar-refractivity contribution in [1.29, 1.82) is 0 Å². The van der Waals surface area contributed by atoms with Crippen molar-refractivity contribution in [3.05, 3.63) is 64.7 Å². The number of hydrogen-bond acceptors (Lipinski definition) is 3. The van der Waals surface area contributed by atoms with Gasteiger partial charge in [0.05, 0.1) is 23.2 Å². The van der Waals surface area contributed by atoms with Crippen LogP contribution in [0.2, 0.25) is 5.02 Å². The van der Waals surface area contributed by atoms with Gasteiger partial charge in [-0.15, -0.1) is 12.6 Å². The van der Waals surface area contributed by atoms with Crippen molar-refractivity contribution < 1.29 is 9.90 Å². The van der Waals surface area contributed by atoms with Gasteiger partial charge in [0, 0.05) is 4.90 Å². The van der Waals surface area contributed by atoms with Crippen LogP contribution in [0.1, 0.15) is 15.9 Å². The summed E-state index contributed by atoms with van der Waals surface area (Å²) in [5, 5.41) is 12.6. The minimum Gasteiger partial charge on any atom is -0.394 e. The number of benzene rings is 2. The van der Waals surface area contributed by atoms with E-state index in [-0.39, 0.29) is 18.6 Å². The zero-order valence-electron chi connectivity index (χ0n) is 11.3. The highest BCUT2D eigenvalue weighted by Gasteiger charge is 2.16.